The van der Waals surface area contributed by atoms with Crippen molar-refractivity contribution in [3.8, 4) is 0 Å². The SMILES string of the molecule is O=C(NCC1CCC(F)(F)CC1)c1c(Cl)ccc2nc(N3CCC(N4CCCC4)C3)ccc12. The molecule has 2 saturated heterocycles. The van der Waals surface area contributed by atoms with Gasteiger partial charge >= 0.3 is 0 Å². The van der Waals surface area contributed by atoms with E-state index in [4.69, 9.17) is 16.6 Å². The van der Waals surface area contributed by atoms with Gasteiger partial charge < -0.3 is 10.2 Å². The maximum atomic E-state index is 13.4. The fourth-order valence-electron chi connectivity index (χ4n) is 5.56. The summed E-state index contributed by atoms with van der Waals surface area (Å²) >= 11 is 6.41. The van der Waals surface area contributed by atoms with Gasteiger partial charge in [-0.2, -0.15) is 0 Å². The van der Waals surface area contributed by atoms with E-state index in [1.807, 2.05) is 18.2 Å². The number of halogens is 3. The van der Waals surface area contributed by atoms with Gasteiger partial charge in [-0.1, -0.05) is 11.6 Å². The fourth-order valence-corrected chi connectivity index (χ4v) is 5.81. The van der Waals surface area contributed by atoms with Crippen LogP contribution in [0, 0.1) is 5.92 Å². The van der Waals surface area contributed by atoms with Gasteiger partial charge in [0.2, 0.25) is 5.92 Å². The third kappa shape index (κ3) is 4.94. The minimum atomic E-state index is -2.56. The number of aromatic nitrogens is 1. The second-order valence-corrected chi connectivity index (χ2v) is 10.2. The number of hydrogen-bond acceptors (Lipinski definition) is 4. The Hall–Kier alpha value is -1.99. The second-order valence-electron chi connectivity index (χ2n) is 9.80. The van der Waals surface area contributed by atoms with Crippen LogP contribution in [0.5, 0.6) is 0 Å². The first kappa shape index (κ1) is 22.8. The molecule has 8 heteroatoms. The highest BCUT2D eigenvalue weighted by atomic mass is 35.5. The van der Waals surface area contributed by atoms with Gasteiger partial charge in [-0.05, 0) is 75.4 Å². The number of alkyl halides is 2. The quantitative estimate of drug-likeness (QED) is 0.650. The molecule has 3 aliphatic rings. The summed E-state index contributed by atoms with van der Waals surface area (Å²) in [6.45, 7) is 4.76. The van der Waals surface area contributed by atoms with Gasteiger partial charge in [-0.15, -0.1) is 0 Å². The summed E-state index contributed by atoms with van der Waals surface area (Å²) in [4.78, 5) is 22.8. The third-order valence-corrected chi connectivity index (χ3v) is 7.88. The number of rotatable bonds is 5. The zero-order chi connectivity index (χ0) is 23.0. The molecule has 5 nitrogen and oxygen atoms in total. The largest absolute Gasteiger partial charge is 0.355 e. The molecule has 1 amide bonds. The van der Waals surface area contributed by atoms with Crippen molar-refractivity contribution in [1.29, 1.82) is 0 Å². The topological polar surface area (TPSA) is 48.5 Å². The molecule has 1 aromatic heterocycles. The molecular weight excluding hydrogens is 446 g/mol. The van der Waals surface area contributed by atoms with E-state index in [-0.39, 0.29) is 24.7 Å². The molecule has 1 unspecified atom stereocenters. The van der Waals surface area contributed by atoms with E-state index in [1.54, 1.807) is 6.07 Å². The number of anilines is 1. The average Bonchev–Trinajstić information content (AvgIpc) is 3.50. The Morgan fingerprint density at radius 1 is 1.09 bits per heavy atom. The number of hydrogen-bond donors (Lipinski definition) is 1. The lowest BCUT2D eigenvalue weighted by Crippen LogP contribution is -2.35. The summed E-state index contributed by atoms with van der Waals surface area (Å²) in [6, 6.07) is 8.08. The van der Waals surface area contributed by atoms with Crippen LogP contribution < -0.4 is 10.2 Å². The van der Waals surface area contributed by atoms with Crippen molar-refractivity contribution in [2.75, 3.05) is 37.6 Å². The molecule has 3 fully saturated rings. The van der Waals surface area contributed by atoms with Crippen LogP contribution in [0.15, 0.2) is 24.3 Å². The molecule has 0 spiro atoms. The van der Waals surface area contributed by atoms with Crippen molar-refractivity contribution >= 4 is 34.2 Å². The first-order chi connectivity index (χ1) is 15.9. The monoisotopic (exact) mass is 476 g/mol. The number of benzene rings is 1. The van der Waals surface area contributed by atoms with Gasteiger partial charge in [0.15, 0.2) is 0 Å². The Morgan fingerprint density at radius 2 is 1.85 bits per heavy atom. The molecule has 0 radical (unpaired) electrons. The molecule has 1 saturated carbocycles. The van der Waals surface area contributed by atoms with Gasteiger partial charge in [0.1, 0.15) is 5.82 Å². The Balaban J connectivity index is 1.28. The van der Waals surface area contributed by atoms with Crippen LogP contribution in [0.3, 0.4) is 0 Å². The summed E-state index contributed by atoms with van der Waals surface area (Å²) in [5.41, 5.74) is 1.15. The maximum absolute atomic E-state index is 13.4. The van der Waals surface area contributed by atoms with E-state index in [9.17, 15) is 13.6 Å². The Kier molecular flexibility index (Phi) is 6.45. The molecule has 1 atom stereocenters. The number of fused-ring (bicyclic) bond motifs is 1. The van der Waals surface area contributed by atoms with Crippen LogP contribution in [-0.2, 0) is 0 Å². The van der Waals surface area contributed by atoms with E-state index in [0.29, 0.717) is 41.4 Å². The molecule has 1 N–H and O–H groups in total. The Bertz CT molecular complexity index is 1020. The van der Waals surface area contributed by atoms with Crippen molar-refractivity contribution in [3.05, 3.63) is 34.9 Å². The molecule has 0 bridgehead atoms. The summed E-state index contributed by atoms with van der Waals surface area (Å²) < 4.78 is 26.8. The summed E-state index contributed by atoms with van der Waals surface area (Å²) in [6.07, 6.45) is 4.38. The number of nitrogens with one attached hydrogen (secondary N) is 1. The zero-order valence-electron chi connectivity index (χ0n) is 18.8. The van der Waals surface area contributed by atoms with Crippen molar-refractivity contribution in [2.45, 2.75) is 56.9 Å². The number of pyridine rings is 1. The predicted molar refractivity (Wildman–Crippen MR) is 127 cm³/mol. The fraction of sp³-hybridized carbons (Fsp3) is 0.600. The highest BCUT2D eigenvalue weighted by molar-refractivity contribution is 6.35. The van der Waals surface area contributed by atoms with Crippen molar-refractivity contribution in [1.82, 2.24) is 15.2 Å². The summed E-state index contributed by atoms with van der Waals surface area (Å²) in [7, 11) is 0. The highest BCUT2D eigenvalue weighted by Gasteiger charge is 2.35. The van der Waals surface area contributed by atoms with Crippen LogP contribution in [0.1, 0.15) is 55.3 Å². The van der Waals surface area contributed by atoms with Crippen molar-refractivity contribution in [2.24, 2.45) is 5.92 Å². The van der Waals surface area contributed by atoms with Crippen LogP contribution in [0.4, 0.5) is 14.6 Å². The lowest BCUT2D eigenvalue weighted by atomic mass is 9.87. The Labute approximate surface area is 198 Å². The van der Waals surface area contributed by atoms with E-state index < -0.39 is 5.92 Å². The molecule has 1 aliphatic carbocycles. The lowest BCUT2D eigenvalue weighted by molar-refractivity contribution is -0.0452. The first-order valence-electron chi connectivity index (χ1n) is 12.1. The molecule has 2 aliphatic heterocycles. The molecule has 1 aromatic carbocycles. The second kappa shape index (κ2) is 9.34. The normalized spacial score (nSPS) is 24.0. The smallest absolute Gasteiger partial charge is 0.253 e. The van der Waals surface area contributed by atoms with Gasteiger partial charge in [0, 0.05) is 43.9 Å². The number of nitrogens with zero attached hydrogens (tertiary/aromatic N) is 3. The maximum Gasteiger partial charge on any atom is 0.253 e. The number of carbonyl (C=O) groups is 1. The number of amides is 1. The predicted octanol–water partition coefficient (Wildman–Crippen LogP) is 5.12. The minimum absolute atomic E-state index is 0.0748. The molecule has 3 heterocycles. The minimum Gasteiger partial charge on any atom is -0.355 e. The van der Waals surface area contributed by atoms with Crippen LogP contribution in [0.25, 0.3) is 10.9 Å². The zero-order valence-corrected chi connectivity index (χ0v) is 19.6. The van der Waals surface area contributed by atoms with Gasteiger partial charge in [-0.25, -0.2) is 13.8 Å². The third-order valence-electron chi connectivity index (χ3n) is 7.57. The van der Waals surface area contributed by atoms with Crippen molar-refractivity contribution in [3.63, 3.8) is 0 Å². The molecule has 178 valence electrons. The van der Waals surface area contributed by atoms with Crippen LogP contribution in [-0.4, -0.2) is 60.5 Å². The average molecular weight is 477 g/mol. The molecule has 2 aromatic rings. The Morgan fingerprint density at radius 3 is 2.61 bits per heavy atom. The standard InChI is InChI=1S/C25H31ClF2N4O/c26-20-4-5-21-19(23(20)24(33)29-15-17-7-10-25(27,28)11-8-17)3-6-22(30-21)32-14-9-18(16-32)31-12-1-2-13-31/h3-6,17-18H,1-2,7-16H2,(H,29,33). The van der Waals surface area contributed by atoms with E-state index in [0.717, 1.165) is 30.8 Å². The first-order valence-corrected chi connectivity index (χ1v) is 12.5. The summed E-state index contributed by atoms with van der Waals surface area (Å²) in [5, 5.41) is 4.02. The van der Waals surface area contributed by atoms with Gasteiger partial charge in [0.05, 0.1) is 16.1 Å². The van der Waals surface area contributed by atoms with Crippen molar-refractivity contribution < 1.29 is 13.6 Å². The number of carbonyl (C=O) groups excluding carboxylic acids is 1. The number of likely N-dealkylation sites (tertiary alicyclic amines) is 1. The summed E-state index contributed by atoms with van der Waals surface area (Å²) in [5.74, 6) is -1.83. The van der Waals surface area contributed by atoms with Gasteiger partial charge in [0.25, 0.3) is 5.91 Å². The van der Waals surface area contributed by atoms with E-state index in [2.05, 4.69) is 15.1 Å². The van der Waals surface area contributed by atoms with E-state index >= 15 is 0 Å². The van der Waals surface area contributed by atoms with Crippen LogP contribution in [0.2, 0.25) is 5.02 Å². The molecule has 33 heavy (non-hydrogen) atoms. The highest BCUT2D eigenvalue weighted by Crippen LogP contribution is 2.36. The van der Waals surface area contributed by atoms with Crippen LogP contribution >= 0.6 is 11.6 Å². The molecular formula is C25H31ClF2N4O. The molecule has 5 rings (SSSR count). The van der Waals surface area contributed by atoms with E-state index in [1.165, 1.54) is 25.9 Å². The van der Waals surface area contributed by atoms with Gasteiger partial charge in [-0.3, -0.25) is 9.69 Å². The lowest BCUT2D eigenvalue weighted by Gasteiger charge is -2.28.